The standard InChI is InChI=1S/C20H25N3O.ClH/c1-20(21)14-6-5-9-18(20)19(24)23-17-12-10-16(11-13-17)22-15-7-3-2-4-8-15;/h2-4,7-8,10-13,18,22H,5-6,9,14,21H2,1H3,(H,23,24);1H. The van der Waals surface area contributed by atoms with Crippen molar-refractivity contribution in [2.75, 3.05) is 10.6 Å². The Morgan fingerprint density at radius 2 is 1.60 bits per heavy atom. The Labute approximate surface area is 155 Å². The second-order valence-electron chi connectivity index (χ2n) is 6.86. The first kappa shape index (κ1) is 19.3. The molecule has 0 saturated heterocycles. The third kappa shape index (κ3) is 4.97. The minimum absolute atomic E-state index is 0. The highest BCUT2D eigenvalue weighted by molar-refractivity contribution is 5.93. The van der Waals surface area contributed by atoms with Crippen LogP contribution in [-0.4, -0.2) is 11.4 Å². The molecule has 2 aromatic rings. The first-order valence-corrected chi connectivity index (χ1v) is 8.56. The zero-order valence-corrected chi connectivity index (χ0v) is 15.3. The van der Waals surface area contributed by atoms with E-state index in [1.54, 1.807) is 0 Å². The summed E-state index contributed by atoms with van der Waals surface area (Å²) in [5, 5.41) is 6.34. The summed E-state index contributed by atoms with van der Waals surface area (Å²) in [4.78, 5) is 12.6. The molecule has 0 bridgehead atoms. The summed E-state index contributed by atoms with van der Waals surface area (Å²) in [5.41, 5.74) is 8.74. The smallest absolute Gasteiger partial charge is 0.229 e. The van der Waals surface area contributed by atoms with Gasteiger partial charge in [-0.2, -0.15) is 0 Å². The zero-order valence-electron chi connectivity index (χ0n) is 14.5. The van der Waals surface area contributed by atoms with E-state index in [0.29, 0.717) is 0 Å². The van der Waals surface area contributed by atoms with Gasteiger partial charge in [0.15, 0.2) is 0 Å². The van der Waals surface area contributed by atoms with E-state index in [-0.39, 0.29) is 24.2 Å². The van der Waals surface area contributed by atoms with Crippen LogP contribution in [0.2, 0.25) is 0 Å². The van der Waals surface area contributed by atoms with Gasteiger partial charge >= 0.3 is 0 Å². The Morgan fingerprint density at radius 3 is 2.24 bits per heavy atom. The number of halogens is 1. The van der Waals surface area contributed by atoms with Crippen molar-refractivity contribution in [2.24, 2.45) is 11.7 Å². The number of carbonyl (C=O) groups is 1. The Kier molecular flexibility index (Phi) is 6.45. The van der Waals surface area contributed by atoms with Crippen LogP contribution in [0.15, 0.2) is 54.6 Å². The van der Waals surface area contributed by atoms with Gasteiger partial charge in [-0.1, -0.05) is 31.0 Å². The van der Waals surface area contributed by atoms with E-state index >= 15 is 0 Å². The Hall–Kier alpha value is -2.04. The quantitative estimate of drug-likeness (QED) is 0.741. The van der Waals surface area contributed by atoms with E-state index in [1.165, 1.54) is 0 Å². The number of rotatable bonds is 4. The lowest BCUT2D eigenvalue weighted by Gasteiger charge is -2.37. The van der Waals surface area contributed by atoms with Gasteiger partial charge in [-0.15, -0.1) is 12.4 Å². The van der Waals surface area contributed by atoms with Crippen molar-refractivity contribution >= 4 is 35.4 Å². The highest BCUT2D eigenvalue weighted by Crippen LogP contribution is 2.32. The number of hydrogen-bond acceptors (Lipinski definition) is 3. The molecule has 25 heavy (non-hydrogen) atoms. The normalized spacial score (nSPS) is 22.6. The van der Waals surface area contributed by atoms with Crippen LogP contribution in [0.5, 0.6) is 0 Å². The molecule has 1 saturated carbocycles. The van der Waals surface area contributed by atoms with Gasteiger partial charge in [-0.3, -0.25) is 4.79 Å². The third-order valence-corrected chi connectivity index (χ3v) is 4.79. The van der Waals surface area contributed by atoms with E-state index in [9.17, 15) is 4.79 Å². The first-order valence-electron chi connectivity index (χ1n) is 8.56. The molecule has 0 spiro atoms. The zero-order chi connectivity index (χ0) is 17.0. The van der Waals surface area contributed by atoms with Crippen molar-refractivity contribution in [3.05, 3.63) is 54.6 Å². The average Bonchev–Trinajstić information content (AvgIpc) is 2.57. The summed E-state index contributed by atoms with van der Waals surface area (Å²) in [6.07, 6.45) is 3.96. The largest absolute Gasteiger partial charge is 0.356 e. The van der Waals surface area contributed by atoms with Crippen LogP contribution in [-0.2, 0) is 4.79 Å². The lowest BCUT2D eigenvalue weighted by molar-refractivity contribution is -0.122. The summed E-state index contributed by atoms with van der Waals surface area (Å²) in [5.74, 6) is -0.0863. The SMILES string of the molecule is CC1(N)CCCCC1C(=O)Nc1ccc(Nc2ccccc2)cc1.Cl. The molecule has 4 nitrogen and oxygen atoms in total. The third-order valence-electron chi connectivity index (χ3n) is 4.79. The summed E-state index contributed by atoms with van der Waals surface area (Å²) < 4.78 is 0. The number of benzene rings is 2. The molecule has 0 aromatic heterocycles. The molecule has 0 aliphatic heterocycles. The van der Waals surface area contributed by atoms with Gasteiger partial charge in [-0.25, -0.2) is 0 Å². The van der Waals surface area contributed by atoms with Gasteiger partial charge in [-0.05, 0) is 56.2 Å². The number of anilines is 3. The summed E-state index contributed by atoms with van der Waals surface area (Å²) >= 11 is 0. The topological polar surface area (TPSA) is 67.2 Å². The van der Waals surface area contributed by atoms with Gasteiger partial charge in [0, 0.05) is 22.6 Å². The maximum absolute atomic E-state index is 12.6. The van der Waals surface area contributed by atoms with E-state index in [0.717, 1.165) is 42.7 Å². The molecular formula is C20H26ClN3O. The molecule has 2 atom stereocenters. The van der Waals surface area contributed by atoms with Crippen molar-refractivity contribution < 1.29 is 4.79 Å². The molecule has 4 N–H and O–H groups in total. The van der Waals surface area contributed by atoms with Crippen LogP contribution < -0.4 is 16.4 Å². The van der Waals surface area contributed by atoms with Crippen molar-refractivity contribution in [3.8, 4) is 0 Å². The maximum atomic E-state index is 12.6. The second-order valence-corrected chi connectivity index (χ2v) is 6.86. The predicted molar refractivity (Wildman–Crippen MR) is 107 cm³/mol. The fourth-order valence-electron chi connectivity index (χ4n) is 3.34. The number of nitrogens with two attached hydrogens (primary N) is 1. The number of hydrogen-bond donors (Lipinski definition) is 3. The van der Waals surface area contributed by atoms with Gasteiger partial charge in [0.05, 0.1) is 5.92 Å². The summed E-state index contributed by atoms with van der Waals surface area (Å²) in [6.45, 7) is 1.99. The molecular weight excluding hydrogens is 334 g/mol. The Morgan fingerprint density at radius 1 is 1.00 bits per heavy atom. The highest BCUT2D eigenvalue weighted by Gasteiger charge is 2.37. The molecule has 1 aliphatic carbocycles. The molecule has 0 radical (unpaired) electrons. The molecule has 2 unspecified atom stereocenters. The van der Waals surface area contributed by atoms with E-state index in [1.807, 2.05) is 61.5 Å². The molecule has 0 heterocycles. The second kappa shape index (κ2) is 8.37. The lowest BCUT2D eigenvalue weighted by Crippen LogP contribution is -2.51. The van der Waals surface area contributed by atoms with Crippen molar-refractivity contribution in [2.45, 2.75) is 38.1 Å². The van der Waals surface area contributed by atoms with E-state index in [2.05, 4.69) is 10.6 Å². The van der Waals surface area contributed by atoms with Crippen LogP contribution in [0.1, 0.15) is 32.6 Å². The van der Waals surface area contributed by atoms with E-state index in [4.69, 9.17) is 5.73 Å². The van der Waals surface area contributed by atoms with E-state index < -0.39 is 5.54 Å². The van der Waals surface area contributed by atoms with Crippen LogP contribution in [0.4, 0.5) is 17.1 Å². The molecule has 2 aromatic carbocycles. The molecule has 1 fully saturated rings. The minimum atomic E-state index is -0.406. The lowest BCUT2D eigenvalue weighted by atomic mass is 9.74. The van der Waals surface area contributed by atoms with Gasteiger partial charge < -0.3 is 16.4 Å². The summed E-state index contributed by atoms with van der Waals surface area (Å²) in [6, 6.07) is 17.8. The molecule has 134 valence electrons. The number of amides is 1. The van der Waals surface area contributed by atoms with Gasteiger partial charge in [0.1, 0.15) is 0 Å². The fourth-order valence-corrected chi connectivity index (χ4v) is 3.34. The van der Waals surface area contributed by atoms with Crippen molar-refractivity contribution in [1.82, 2.24) is 0 Å². The van der Waals surface area contributed by atoms with Crippen LogP contribution in [0.3, 0.4) is 0 Å². The van der Waals surface area contributed by atoms with Crippen LogP contribution >= 0.6 is 12.4 Å². The molecule has 5 heteroatoms. The van der Waals surface area contributed by atoms with Crippen molar-refractivity contribution in [1.29, 1.82) is 0 Å². The predicted octanol–water partition coefficient (Wildman–Crippen LogP) is 4.70. The number of carbonyl (C=O) groups excluding carboxylic acids is 1. The van der Waals surface area contributed by atoms with Gasteiger partial charge in [0.25, 0.3) is 0 Å². The highest BCUT2D eigenvalue weighted by atomic mass is 35.5. The van der Waals surface area contributed by atoms with Crippen LogP contribution in [0.25, 0.3) is 0 Å². The molecule has 1 aliphatic rings. The number of nitrogens with one attached hydrogen (secondary N) is 2. The van der Waals surface area contributed by atoms with Crippen molar-refractivity contribution in [3.63, 3.8) is 0 Å². The summed E-state index contributed by atoms with van der Waals surface area (Å²) in [7, 11) is 0. The van der Waals surface area contributed by atoms with Crippen LogP contribution in [0, 0.1) is 5.92 Å². The Bertz CT molecular complexity index is 686. The monoisotopic (exact) mass is 359 g/mol. The van der Waals surface area contributed by atoms with Gasteiger partial charge in [0.2, 0.25) is 5.91 Å². The fraction of sp³-hybridized carbons (Fsp3) is 0.350. The first-order chi connectivity index (χ1) is 11.5. The minimum Gasteiger partial charge on any atom is -0.356 e. The average molecular weight is 360 g/mol. The molecule has 3 rings (SSSR count). The Balaban J connectivity index is 0.00000225. The number of para-hydroxylation sites is 1. The molecule has 1 amide bonds. The maximum Gasteiger partial charge on any atom is 0.229 e.